The molecule has 1 aromatic carbocycles. The van der Waals surface area contributed by atoms with Crippen molar-refractivity contribution in [2.24, 2.45) is 0 Å². The van der Waals surface area contributed by atoms with Crippen LogP contribution in [0.3, 0.4) is 0 Å². The lowest BCUT2D eigenvalue weighted by atomic mass is 10.2. The number of amides is 1. The monoisotopic (exact) mass is 445 g/mol. The fourth-order valence-electron chi connectivity index (χ4n) is 2.91. The third kappa shape index (κ3) is 5.64. The van der Waals surface area contributed by atoms with Gasteiger partial charge in [0.15, 0.2) is 11.4 Å². The highest BCUT2D eigenvalue weighted by atomic mass is 32.2. The summed E-state index contributed by atoms with van der Waals surface area (Å²) in [7, 11) is -3.77. The highest BCUT2D eigenvalue weighted by Crippen LogP contribution is 2.10. The van der Waals surface area contributed by atoms with E-state index < -0.39 is 10.0 Å². The molecule has 0 saturated heterocycles. The summed E-state index contributed by atoms with van der Waals surface area (Å²) in [5.74, 6) is -0.461. The van der Waals surface area contributed by atoms with E-state index in [0.29, 0.717) is 30.7 Å². The van der Waals surface area contributed by atoms with Gasteiger partial charge in [0.05, 0.1) is 4.90 Å². The Morgan fingerprint density at radius 1 is 1.06 bits per heavy atom. The van der Waals surface area contributed by atoms with Gasteiger partial charge in [0, 0.05) is 37.8 Å². The smallest absolute Gasteiger partial charge is 0.350 e. The molecule has 0 aliphatic carbocycles. The molecular weight excluding hydrogens is 422 g/mol. The Morgan fingerprint density at radius 2 is 1.81 bits per heavy atom. The molecule has 0 spiro atoms. The van der Waals surface area contributed by atoms with Gasteiger partial charge in [0.1, 0.15) is 0 Å². The van der Waals surface area contributed by atoms with Gasteiger partial charge in [-0.25, -0.2) is 22.6 Å². The molecule has 3 rings (SSSR count). The number of Topliss-reactive ketones (excluding diaryl/α,β-unsaturated/α-hetero) is 1. The molecule has 0 aliphatic rings. The third-order valence-corrected chi connectivity index (χ3v) is 6.05. The number of pyridine rings is 1. The maximum absolute atomic E-state index is 12.2. The third-order valence-electron chi connectivity index (χ3n) is 4.57. The Bertz CT molecular complexity index is 1240. The van der Waals surface area contributed by atoms with Gasteiger partial charge >= 0.3 is 5.69 Å². The number of hydrogen-bond donors (Lipinski definition) is 2. The quantitative estimate of drug-likeness (QED) is 0.346. The van der Waals surface area contributed by atoms with E-state index in [2.05, 4.69) is 15.1 Å². The Labute approximate surface area is 178 Å². The van der Waals surface area contributed by atoms with Gasteiger partial charge < -0.3 is 5.32 Å². The number of benzene rings is 1. The van der Waals surface area contributed by atoms with Crippen molar-refractivity contribution in [2.75, 3.05) is 13.1 Å². The van der Waals surface area contributed by atoms with Crippen LogP contribution in [0.2, 0.25) is 0 Å². The Morgan fingerprint density at radius 3 is 2.48 bits per heavy atom. The number of aromatic nitrogens is 3. The number of nitrogens with zero attached hydrogens (tertiary/aromatic N) is 3. The summed E-state index contributed by atoms with van der Waals surface area (Å²) >= 11 is 0. The number of hydrogen-bond acceptors (Lipinski definition) is 6. The molecular formula is C20H23N5O5S. The van der Waals surface area contributed by atoms with Crippen molar-refractivity contribution in [1.82, 2.24) is 24.2 Å². The number of carbonyl (C=O) groups is 2. The van der Waals surface area contributed by atoms with Crippen LogP contribution >= 0.6 is 0 Å². The van der Waals surface area contributed by atoms with Crippen molar-refractivity contribution in [3.05, 3.63) is 64.7 Å². The first kappa shape index (κ1) is 22.4. The van der Waals surface area contributed by atoms with Crippen molar-refractivity contribution in [3.8, 4) is 0 Å². The standard InChI is InChI=1S/C20H23N5O5S/c1-15(26)16-6-8-17(9-7-16)31(29,30)22-12-10-19(27)21-11-4-14-25-20(28)24-13-3-2-5-18(24)23-25/h2-3,5-9,13,22H,4,10-12,14H2,1H3,(H,21,27). The Balaban J connectivity index is 1.40. The summed E-state index contributed by atoms with van der Waals surface area (Å²) in [6, 6.07) is 10.9. The molecule has 3 aromatic rings. The molecule has 0 unspecified atom stereocenters. The summed E-state index contributed by atoms with van der Waals surface area (Å²) < 4.78 is 29.6. The zero-order valence-corrected chi connectivity index (χ0v) is 17.8. The molecule has 11 heteroatoms. The van der Waals surface area contributed by atoms with E-state index in [-0.39, 0.29) is 35.2 Å². The van der Waals surface area contributed by atoms with Gasteiger partial charge in [0.2, 0.25) is 15.9 Å². The van der Waals surface area contributed by atoms with Gasteiger partial charge in [-0.15, -0.1) is 5.10 Å². The van der Waals surface area contributed by atoms with E-state index in [9.17, 15) is 22.8 Å². The minimum absolute atomic E-state index is 0.0239. The number of rotatable bonds is 10. The molecule has 10 nitrogen and oxygen atoms in total. The molecule has 0 aliphatic heterocycles. The van der Waals surface area contributed by atoms with Gasteiger partial charge in [-0.2, -0.15) is 0 Å². The lowest BCUT2D eigenvalue weighted by Gasteiger charge is -2.08. The van der Waals surface area contributed by atoms with E-state index >= 15 is 0 Å². The number of carbonyl (C=O) groups excluding carboxylic acids is 2. The molecule has 1 amide bonds. The van der Waals surface area contributed by atoms with Gasteiger partial charge in [-0.05, 0) is 37.6 Å². The van der Waals surface area contributed by atoms with Crippen molar-refractivity contribution < 1.29 is 18.0 Å². The van der Waals surface area contributed by atoms with Crippen LogP contribution in [0, 0.1) is 0 Å². The molecule has 2 heterocycles. The first-order valence-corrected chi connectivity index (χ1v) is 11.2. The van der Waals surface area contributed by atoms with Crippen LogP contribution in [-0.4, -0.2) is 47.4 Å². The van der Waals surface area contributed by atoms with E-state index in [1.54, 1.807) is 24.4 Å². The topological polar surface area (TPSA) is 132 Å². The zero-order valence-electron chi connectivity index (χ0n) is 16.9. The largest absolute Gasteiger partial charge is 0.356 e. The molecule has 2 N–H and O–H groups in total. The molecule has 164 valence electrons. The maximum atomic E-state index is 12.2. The molecule has 2 aromatic heterocycles. The van der Waals surface area contributed by atoms with Crippen LogP contribution in [-0.2, 0) is 21.4 Å². The Kier molecular flexibility index (Phi) is 6.98. The maximum Gasteiger partial charge on any atom is 0.350 e. The number of aryl methyl sites for hydroxylation is 1. The number of fused-ring (bicyclic) bond motifs is 1. The average molecular weight is 446 g/mol. The predicted molar refractivity (Wildman–Crippen MR) is 113 cm³/mol. The summed E-state index contributed by atoms with van der Waals surface area (Å²) in [5, 5.41) is 6.90. The van der Waals surface area contributed by atoms with Crippen LogP contribution in [0.15, 0.2) is 58.4 Å². The predicted octanol–water partition coefficient (Wildman–Crippen LogP) is 0.574. The molecule has 0 atom stereocenters. The molecule has 31 heavy (non-hydrogen) atoms. The highest BCUT2D eigenvalue weighted by molar-refractivity contribution is 7.89. The second-order valence-electron chi connectivity index (χ2n) is 6.87. The highest BCUT2D eigenvalue weighted by Gasteiger charge is 2.14. The molecule has 0 saturated carbocycles. The molecule has 0 radical (unpaired) electrons. The van der Waals surface area contributed by atoms with Crippen molar-refractivity contribution in [3.63, 3.8) is 0 Å². The van der Waals surface area contributed by atoms with Gasteiger partial charge in [-0.3, -0.25) is 14.0 Å². The van der Waals surface area contributed by atoms with Crippen molar-refractivity contribution in [1.29, 1.82) is 0 Å². The summed E-state index contributed by atoms with van der Waals surface area (Å²) in [6.07, 6.45) is 2.12. The number of ketones is 1. The first-order valence-electron chi connectivity index (χ1n) is 9.69. The van der Waals surface area contributed by atoms with Gasteiger partial charge in [-0.1, -0.05) is 18.2 Å². The number of sulfonamides is 1. The minimum atomic E-state index is -3.77. The molecule has 0 bridgehead atoms. The van der Waals surface area contributed by atoms with E-state index in [4.69, 9.17) is 0 Å². The SMILES string of the molecule is CC(=O)c1ccc(S(=O)(=O)NCCC(=O)NCCCn2nc3ccccn3c2=O)cc1. The van der Waals surface area contributed by atoms with Crippen LogP contribution in [0.25, 0.3) is 5.65 Å². The Hall–Kier alpha value is -3.31. The fraction of sp³-hybridized carbons (Fsp3) is 0.300. The van der Waals surface area contributed by atoms with E-state index in [0.717, 1.165) is 0 Å². The summed E-state index contributed by atoms with van der Waals surface area (Å²) in [6.45, 7) is 2.02. The average Bonchev–Trinajstić information content (AvgIpc) is 3.07. The van der Waals surface area contributed by atoms with Crippen LogP contribution < -0.4 is 15.7 Å². The second-order valence-corrected chi connectivity index (χ2v) is 8.63. The second kappa shape index (κ2) is 9.67. The molecule has 0 fully saturated rings. The lowest BCUT2D eigenvalue weighted by Crippen LogP contribution is -2.32. The van der Waals surface area contributed by atoms with Crippen LogP contribution in [0.4, 0.5) is 0 Å². The van der Waals surface area contributed by atoms with Crippen molar-refractivity contribution in [2.45, 2.75) is 31.2 Å². The van der Waals surface area contributed by atoms with E-state index in [1.807, 2.05) is 0 Å². The normalized spacial score (nSPS) is 11.5. The number of nitrogens with one attached hydrogen (secondary N) is 2. The fourth-order valence-corrected chi connectivity index (χ4v) is 3.94. The van der Waals surface area contributed by atoms with Gasteiger partial charge in [0.25, 0.3) is 0 Å². The van der Waals surface area contributed by atoms with Crippen LogP contribution in [0.1, 0.15) is 30.1 Å². The van der Waals surface area contributed by atoms with Crippen LogP contribution in [0.5, 0.6) is 0 Å². The summed E-state index contributed by atoms with van der Waals surface area (Å²) in [4.78, 5) is 35.4. The van der Waals surface area contributed by atoms with Crippen molar-refractivity contribution >= 4 is 27.4 Å². The van der Waals surface area contributed by atoms with E-state index in [1.165, 1.54) is 40.3 Å². The summed E-state index contributed by atoms with van der Waals surface area (Å²) in [5.41, 5.74) is 0.733. The minimum Gasteiger partial charge on any atom is -0.356 e. The zero-order chi connectivity index (χ0) is 22.4. The lowest BCUT2D eigenvalue weighted by molar-refractivity contribution is -0.120. The first-order chi connectivity index (χ1) is 14.8.